The molecule has 0 aromatic heterocycles. The van der Waals surface area contributed by atoms with E-state index in [4.69, 9.17) is 9.47 Å². The van der Waals surface area contributed by atoms with Gasteiger partial charge < -0.3 is 9.47 Å². The Morgan fingerprint density at radius 2 is 0.586 bits per heavy atom. The summed E-state index contributed by atoms with van der Waals surface area (Å²) >= 11 is 0. The highest BCUT2D eigenvalue weighted by molar-refractivity contribution is 8.76. The molecule has 2 unspecified atom stereocenters. The third-order valence-corrected chi connectivity index (χ3v) is 14.1. The SMILES string of the molecule is CCOC(CCCCCSSCCCCCC(OCC)C(c1ccccc1)(c1ccccc1)c1ccccc1)C(c1ccccc1)(c1ccccc1)c1ccccc1. The van der Waals surface area contributed by atoms with Gasteiger partial charge in [-0.25, -0.2) is 0 Å². The zero-order valence-corrected chi connectivity index (χ0v) is 36.2. The maximum absolute atomic E-state index is 6.76. The first kappa shape index (κ1) is 43.5. The van der Waals surface area contributed by atoms with Crippen LogP contribution in [0, 0.1) is 0 Å². The molecule has 0 bridgehead atoms. The topological polar surface area (TPSA) is 18.5 Å². The monoisotopic (exact) mass is 806 g/mol. The summed E-state index contributed by atoms with van der Waals surface area (Å²) in [6.07, 6.45) is 9.19. The highest BCUT2D eigenvalue weighted by Gasteiger charge is 2.45. The maximum Gasteiger partial charge on any atom is 0.0753 e. The number of hydrogen-bond donors (Lipinski definition) is 0. The quantitative estimate of drug-likeness (QED) is 0.0326. The fourth-order valence-electron chi connectivity index (χ4n) is 9.03. The van der Waals surface area contributed by atoms with Gasteiger partial charge in [-0.2, -0.15) is 0 Å². The summed E-state index contributed by atoms with van der Waals surface area (Å²) in [5.74, 6) is 2.37. The van der Waals surface area contributed by atoms with Gasteiger partial charge in [0.1, 0.15) is 0 Å². The van der Waals surface area contributed by atoms with Crippen molar-refractivity contribution in [2.75, 3.05) is 24.7 Å². The Morgan fingerprint density at radius 3 is 0.810 bits per heavy atom. The number of hydrogen-bond acceptors (Lipinski definition) is 4. The molecule has 0 aliphatic rings. The van der Waals surface area contributed by atoms with E-state index in [1.165, 1.54) is 70.6 Å². The van der Waals surface area contributed by atoms with Crippen molar-refractivity contribution in [1.82, 2.24) is 0 Å². The zero-order chi connectivity index (χ0) is 40.1. The Kier molecular flexibility index (Phi) is 17.6. The van der Waals surface area contributed by atoms with Crippen molar-refractivity contribution in [1.29, 1.82) is 0 Å². The molecule has 0 aliphatic heterocycles. The molecule has 0 aliphatic carbocycles. The third kappa shape index (κ3) is 10.6. The molecule has 6 aromatic carbocycles. The second kappa shape index (κ2) is 23.5. The number of benzene rings is 6. The average molecular weight is 807 g/mol. The van der Waals surface area contributed by atoms with Crippen LogP contribution in [0.3, 0.4) is 0 Å². The van der Waals surface area contributed by atoms with E-state index in [0.717, 1.165) is 25.7 Å². The molecule has 302 valence electrons. The number of unbranched alkanes of at least 4 members (excludes halogenated alkanes) is 4. The lowest BCUT2D eigenvalue weighted by atomic mass is 9.64. The Bertz CT molecular complexity index is 1620. The first-order valence-corrected chi connectivity index (χ1v) is 24.1. The van der Waals surface area contributed by atoms with Crippen LogP contribution < -0.4 is 0 Å². The summed E-state index contributed by atoms with van der Waals surface area (Å²) < 4.78 is 13.5. The molecule has 58 heavy (non-hydrogen) atoms. The van der Waals surface area contributed by atoms with E-state index in [1.54, 1.807) is 0 Å². The second-order valence-electron chi connectivity index (χ2n) is 15.0. The Balaban J connectivity index is 1.00. The van der Waals surface area contributed by atoms with E-state index in [9.17, 15) is 0 Å². The van der Waals surface area contributed by atoms with E-state index in [1.807, 2.05) is 21.6 Å². The molecule has 0 saturated carbocycles. The predicted octanol–water partition coefficient (Wildman–Crippen LogP) is 14.4. The summed E-state index contributed by atoms with van der Waals surface area (Å²) in [7, 11) is 4.10. The molecule has 0 heterocycles. The summed E-state index contributed by atoms with van der Waals surface area (Å²) in [5.41, 5.74) is 6.94. The van der Waals surface area contributed by atoms with Crippen LogP contribution >= 0.6 is 21.6 Å². The molecule has 0 fully saturated rings. The largest absolute Gasteiger partial charge is 0.377 e. The molecule has 0 amide bonds. The van der Waals surface area contributed by atoms with Crippen LogP contribution in [-0.4, -0.2) is 36.9 Å². The smallest absolute Gasteiger partial charge is 0.0753 e. The van der Waals surface area contributed by atoms with Gasteiger partial charge in [-0.1, -0.05) is 229 Å². The lowest BCUT2D eigenvalue weighted by molar-refractivity contribution is 0.0205. The first-order valence-electron chi connectivity index (χ1n) is 21.6. The van der Waals surface area contributed by atoms with E-state index in [0.29, 0.717) is 13.2 Å². The van der Waals surface area contributed by atoms with Crippen LogP contribution in [-0.2, 0) is 20.3 Å². The molecule has 0 N–H and O–H groups in total. The molecule has 0 saturated heterocycles. The minimum Gasteiger partial charge on any atom is -0.377 e. The number of ether oxygens (including phenoxy) is 2. The maximum atomic E-state index is 6.76. The highest BCUT2D eigenvalue weighted by Crippen LogP contribution is 2.46. The molecule has 6 aromatic rings. The van der Waals surface area contributed by atoms with Crippen molar-refractivity contribution < 1.29 is 9.47 Å². The van der Waals surface area contributed by atoms with E-state index < -0.39 is 0 Å². The van der Waals surface area contributed by atoms with Crippen molar-refractivity contribution in [3.63, 3.8) is 0 Å². The van der Waals surface area contributed by atoms with Gasteiger partial charge in [-0.05, 0) is 72.9 Å². The normalized spacial score (nSPS) is 12.9. The minimum atomic E-state index is -0.390. The molecule has 4 heteroatoms. The van der Waals surface area contributed by atoms with Gasteiger partial charge in [-0.3, -0.25) is 0 Å². The summed E-state index contributed by atoms with van der Waals surface area (Å²) in [5, 5.41) is 0. The van der Waals surface area contributed by atoms with Gasteiger partial charge in [0, 0.05) is 24.7 Å². The molecule has 2 atom stereocenters. The van der Waals surface area contributed by atoms with Crippen molar-refractivity contribution in [3.8, 4) is 0 Å². The minimum absolute atomic E-state index is 0.0206. The summed E-state index contributed by atoms with van der Waals surface area (Å²) in [6, 6.07) is 66.1. The molecule has 0 spiro atoms. The average Bonchev–Trinajstić information content (AvgIpc) is 3.29. The van der Waals surface area contributed by atoms with Crippen LogP contribution in [0.4, 0.5) is 0 Å². The van der Waals surface area contributed by atoms with Crippen LogP contribution in [0.2, 0.25) is 0 Å². The molecule has 0 radical (unpaired) electrons. The Labute approximate surface area is 357 Å². The van der Waals surface area contributed by atoms with Crippen LogP contribution in [0.5, 0.6) is 0 Å². The first-order chi connectivity index (χ1) is 28.8. The highest BCUT2D eigenvalue weighted by atomic mass is 33.1. The molecule has 6 rings (SSSR count). The van der Waals surface area contributed by atoms with Crippen molar-refractivity contribution in [2.45, 2.75) is 88.3 Å². The van der Waals surface area contributed by atoms with E-state index >= 15 is 0 Å². The lowest BCUT2D eigenvalue weighted by Crippen LogP contribution is -2.43. The van der Waals surface area contributed by atoms with Crippen molar-refractivity contribution in [3.05, 3.63) is 215 Å². The predicted molar refractivity (Wildman–Crippen MR) is 251 cm³/mol. The fourth-order valence-corrected chi connectivity index (χ4v) is 11.3. The van der Waals surface area contributed by atoms with Crippen molar-refractivity contribution >= 4 is 21.6 Å². The van der Waals surface area contributed by atoms with Gasteiger partial charge in [0.15, 0.2) is 0 Å². The van der Waals surface area contributed by atoms with Crippen LogP contribution in [0.1, 0.15) is 98.6 Å². The lowest BCUT2D eigenvalue weighted by Gasteiger charge is -2.42. The molecular formula is C54H62O2S2. The Morgan fingerprint density at radius 1 is 0.345 bits per heavy atom. The third-order valence-electron chi connectivity index (χ3n) is 11.5. The van der Waals surface area contributed by atoms with Crippen molar-refractivity contribution in [2.24, 2.45) is 0 Å². The second-order valence-corrected chi connectivity index (χ2v) is 17.7. The van der Waals surface area contributed by atoms with Gasteiger partial charge in [-0.15, -0.1) is 0 Å². The van der Waals surface area contributed by atoms with E-state index in [-0.39, 0.29) is 23.0 Å². The van der Waals surface area contributed by atoms with E-state index in [2.05, 4.69) is 196 Å². The summed E-state index contributed by atoms with van der Waals surface area (Å²) in [4.78, 5) is 0. The Hall–Kier alpha value is -4.06. The van der Waals surface area contributed by atoms with Crippen LogP contribution in [0.15, 0.2) is 182 Å². The van der Waals surface area contributed by atoms with Gasteiger partial charge >= 0.3 is 0 Å². The standard InChI is InChI=1S/C54H62O2S2/c1-3-55-51(53(45-29-13-5-14-30-45,46-31-15-6-16-32-46)47-33-17-7-18-34-47)41-25-11-27-43-57-58-44-28-12-26-42-52(56-4-2)54(48-35-19-8-20-36-48,49-37-21-9-22-38-49)50-39-23-10-24-40-50/h5-10,13-24,29-40,51-52H,3-4,11-12,25-28,41-44H2,1-2H3. The number of rotatable bonds is 25. The van der Waals surface area contributed by atoms with Crippen LogP contribution in [0.25, 0.3) is 0 Å². The van der Waals surface area contributed by atoms with Gasteiger partial charge in [0.05, 0.1) is 23.0 Å². The molecular weight excluding hydrogens is 745 g/mol. The molecule has 2 nitrogen and oxygen atoms in total. The van der Waals surface area contributed by atoms with Gasteiger partial charge in [0.2, 0.25) is 0 Å². The zero-order valence-electron chi connectivity index (χ0n) is 34.6. The van der Waals surface area contributed by atoms with Gasteiger partial charge in [0.25, 0.3) is 0 Å². The summed E-state index contributed by atoms with van der Waals surface area (Å²) in [6.45, 7) is 5.64. The fraction of sp³-hybridized carbons (Fsp3) is 0.333.